The predicted molar refractivity (Wildman–Crippen MR) is 135 cm³/mol. The van der Waals surface area contributed by atoms with Crippen molar-refractivity contribution in [2.75, 3.05) is 23.1 Å². The van der Waals surface area contributed by atoms with E-state index in [0.29, 0.717) is 22.1 Å². The number of rotatable bonds is 6. The zero-order valence-electron chi connectivity index (χ0n) is 18.2. The van der Waals surface area contributed by atoms with Crippen molar-refractivity contribution < 1.29 is 13.4 Å². The molecule has 0 saturated heterocycles. The molecule has 4 aromatic rings. The number of carbonyl (C=O) groups is 1. The van der Waals surface area contributed by atoms with Crippen LogP contribution in [0.15, 0.2) is 65.8 Å². The Morgan fingerprint density at radius 1 is 1.24 bits per heavy atom. The molecule has 0 aliphatic rings. The van der Waals surface area contributed by atoms with Crippen LogP contribution in [0.1, 0.15) is 0 Å². The summed E-state index contributed by atoms with van der Waals surface area (Å²) >= 11 is 6.38. The first-order valence-corrected chi connectivity index (χ1v) is 12.6. The molecule has 1 amide bonds. The summed E-state index contributed by atoms with van der Waals surface area (Å²) < 4.78 is 30.1. The highest BCUT2D eigenvalue weighted by Crippen LogP contribution is 2.34. The van der Waals surface area contributed by atoms with Crippen molar-refractivity contribution in [3.8, 4) is 11.3 Å². The van der Waals surface area contributed by atoms with Gasteiger partial charge in [0.1, 0.15) is 5.69 Å². The number of carbonyl (C=O) groups excluding carboxylic acids is 1. The maximum absolute atomic E-state index is 14.4. The van der Waals surface area contributed by atoms with Crippen molar-refractivity contribution in [2.24, 2.45) is 4.36 Å². The van der Waals surface area contributed by atoms with Crippen LogP contribution in [-0.2, 0) is 14.5 Å². The van der Waals surface area contributed by atoms with E-state index in [1.54, 1.807) is 24.4 Å². The summed E-state index contributed by atoms with van der Waals surface area (Å²) in [5.41, 5.74) is 2.99. The number of hydrogen-bond donors (Lipinski definition) is 3. The Bertz CT molecular complexity index is 1550. The lowest BCUT2D eigenvalue weighted by Gasteiger charge is -2.09. The topological polar surface area (TPSA) is 112 Å². The van der Waals surface area contributed by atoms with Crippen LogP contribution in [0.2, 0.25) is 5.02 Å². The summed E-state index contributed by atoms with van der Waals surface area (Å²) in [7, 11) is -2.49. The molecule has 0 saturated carbocycles. The standard InChI is InChI=1S/C23H20ClFN6O2S/c1-4-21(32)28-14-5-7-15-16(11-26-20(15)10-14)22-17(24)12-27-23(30-22)29-13-6-8-19(18(25)9-13)31-34(2,3)33/h4-12,26H,1H2,2-3H3,(H,28,32)(H,27,29,30). The van der Waals surface area contributed by atoms with Gasteiger partial charge in [0, 0.05) is 56.3 Å². The minimum atomic E-state index is -2.49. The SMILES string of the molecule is C=CC(=O)Nc1ccc2c(-c3nc(Nc4ccc(N=S(C)(C)=O)c(F)c4)ncc3Cl)c[nH]c2c1. The lowest BCUT2D eigenvalue weighted by Crippen LogP contribution is -2.06. The molecule has 4 rings (SSSR count). The zero-order chi connectivity index (χ0) is 24.5. The van der Waals surface area contributed by atoms with Crippen LogP contribution in [0.4, 0.5) is 27.4 Å². The predicted octanol–water partition coefficient (Wildman–Crippen LogP) is 5.64. The van der Waals surface area contributed by atoms with Gasteiger partial charge >= 0.3 is 0 Å². The van der Waals surface area contributed by atoms with Gasteiger partial charge in [0.05, 0.1) is 16.9 Å². The van der Waals surface area contributed by atoms with E-state index in [1.165, 1.54) is 36.9 Å². The molecule has 34 heavy (non-hydrogen) atoms. The average Bonchev–Trinajstić information content (AvgIpc) is 3.19. The first-order chi connectivity index (χ1) is 16.1. The molecular formula is C23H20ClFN6O2S. The molecule has 174 valence electrons. The average molecular weight is 499 g/mol. The van der Waals surface area contributed by atoms with Gasteiger partial charge in [-0.25, -0.2) is 18.6 Å². The molecule has 2 heterocycles. The number of amides is 1. The molecule has 0 radical (unpaired) electrons. The van der Waals surface area contributed by atoms with Gasteiger partial charge in [-0.05, 0) is 36.4 Å². The van der Waals surface area contributed by atoms with Crippen molar-refractivity contribution in [1.82, 2.24) is 15.0 Å². The van der Waals surface area contributed by atoms with Crippen molar-refractivity contribution in [3.63, 3.8) is 0 Å². The van der Waals surface area contributed by atoms with E-state index >= 15 is 0 Å². The number of aromatic nitrogens is 3. The van der Waals surface area contributed by atoms with Crippen LogP contribution >= 0.6 is 11.6 Å². The second-order valence-electron chi connectivity index (χ2n) is 7.61. The van der Waals surface area contributed by atoms with Crippen LogP contribution < -0.4 is 10.6 Å². The molecule has 8 nitrogen and oxygen atoms in total. The fourth-order valence-electron chi connectivity index (χ4n) is 3.23. The minimum absolute atomic E-state index is 0.0145. The van der Waals surface area contributed by atoms with Crippen LogP contribution in [0.5, 0.6) is 0 Å². The van der Waals surface area contributed by atoms with E-state index in [-0.39, 0.29) is 17.5 Å². The van der Waals surface area contributed by atoms with E-state index in [0.717, 1.165) is 16.5 Å². The lowest BCUT2D eigenvalue weighted by molar-refractivity contribution is -0.111. The number of H-pyrrole nitrogens is 1. The number of hydrogen-bond acceptors (Lipinski definition) is 6. The monoisotopic (exact) mass is 498 g/mol. The van der Waals surface area contributed by atoms with E-state index in [4.69, 9.17) is 11.6 Å². The van der Waals surface area contributed by atoms with Crippen molar-refractivity contribution in [3.05, 3.63) is 72.3 Å². The summed E-state index contributed by atoms with van der Waals surface area (Å²) in [4.78, 5) is 23.4. The molecular weight excluding hydrogens is 479 g/mol. The molecule has 0 fully saturated rings. The van der Waals surface area contributed by atoms with E-state index in [1.807, 2.05) is 6.07 Å². The fraction of sp³-hybridized carbons (Fsp3) is 0.0870. The Morgan fingerprint density at radius 2 is 2.00 bits per heavy atom. The minimum Gasteiger partial charge on any atom is -0.360 e. The smallest absolute Gasteiger partial charge is 0.247 e. The molecule has 0 unspecified atom stereocenters. The highest BCUT2D eigenvalue weighted by molar-refractivity contribution is 7.92. The van der Waals surface area contributed by atoms with Crippen molar-refractivity contribution in [1.29, 1.82) is 0 Å². The second kappa shape index (κ2) is 9.24. The molecule has 2 aromatic carbocycles. The highest BCUT2D eigenvalue weighted by Gasteiger charge is 2.14. The fourth-order valence-corrected chi connectivity index (χ4v) is 4.05. The Labute approximate surface area is 200 Å². The van der Waals surface area contributed by atoms with Gasteiger partial charge in [-0.3, -0.25) is 4.79 Å². The number of halogens is 2. The van der Waals surface area contributed by atoms with E-state index < -0.39 is 15.5 Å². The first-order valence-electron chi connectivity index (χ1n) is 9.94. The van der Waals surface area contributed by atoms with Gasteiger partial charge in [0.15, 0.2) is 5.82 Å². The van der Waals surface area contributed by atoms with E-state index in [9.17, 15) is 13.4 Å². The van der Waals surface area contributed by atoms with Crippen LogP contribution in [0.3, 0.4) is 0 Å². The number of nitrogens with one attached hydrogen (secondary N) is 3. The van der Waals surface area contributed by atoms with Crippen molar-refractivity contribution >= 4 is 61.2 Å². The Morgan fingerprint density at radius 3 is 2.71 bits per heavy atom. The number of aromatic amines is 1. The van der Waals surface area contributed by atoms with Gasteiger partial charge in [-0.1, -0.05) is 24.2 Å². The van der Waals surface area contributed by atoms with Gasteiger partial charge in [0.2, 0.25) is 11.9 Å². The summed E-state index contributed by atoms with van der Waals surface area (Å²) in [6, 6.07) is 9.64. The lowest BCUT2D eigenvalue weighted by atomic mass is 10.1. The first kappa shape index (κ1) is 23.4. The maximum Gasteiger partial charge on any atom is 0.247 e. The molecule has 0 aliphatic heterocycles. The molecule has 0 atom stereocenters. The quantitative estimate of drug-likeness (QED) is 0.297. The Kier molecular flexibility index (Phi) is 6.36. The number of nitrogens with zero attached hydrogens (tertiary/aromatic N) is 3. The number of benzene rings is 2. The largest absolute Gasteiger partial charge is 0.360 e. The molecule has 2 aromatic heterocycles. The third-order valence-corrected chi connectivity index (χ3v) is 5.57. The summed E-state index contributed by atoms with van der Waals surface area (Å²) in [5, 5.41) is 6.82. The van der Waals surface area contributed by atoms with Gasteiger partial charge in [-0.2, -0.15) is 4.36 Å². The molecule has 0 aliphatic carbocycles. The maximum atomic E-state index is 14.4. The number of fused-ring (bicyclic) bond motifs is 1. The number of anilines is 3. The molecule has 0 spiro atoms. The molecule has 3 N–H and O–H groups in total. The van der Waals surface area contributed by atoms with Crippen LogP contribution in [0, 0.1) is 5.82 Å². The highest BCUT2D eigenvalue weighted by atomic mass is 35.5. The van der Waals surface area contributed by atoms with Crippen LogP contribution in [-0.4, -0.2) is 37.6 Å². The summed E-state index contributed by atoms with van der Waals surface area (Å²) in [6.07, 6.45) is 7.27. The second-order valence-corrected chi connectivity index (χ2v) is 10.6. The summed E-state index contributed by atoms with van der Waals surface area (Å²) in [6.45, 7) is 3.44. The van der Waals surface area contributed by atoms with Gasteiger partial charge < -0.3 is 15.6 Å². The normalized spacial score (nSPS) is 11.3. The zero-order valence-corrected chi connectivity index (χ0v) is 19.8. The Balaban J connectivity index is 1.65. The van der Waals surface area contributed by atoms with E-state index in [2.05, 4.69) is 36.5 Å². The Hall–Kier alpha value is -3.76. The third-order valence-electron chi connectivity index (χ3n) is 4.66. The van der Waals surface area contributed by atoms with Crippen molar-refractivity contribution in [2.45, 2.75) is 0 Å². The van der Waals surface area contributed by atoms with Gasteiger partial charge in [0.25, 0.3) is 0 Å². The summed E-state index contributed by atoms with van der Waals surface area (Å²) in [5.74, 6) is -0.717. The molecule has 0 bridgehead atoms. The van der Waals surface area contributed by atoms with Crippen LogP contribution in [0.25, 0.3) is 22.2 Å². The third kappa shape index (κ3) is 5.24. The molecule has 11 heteroatoms. The van der Waals surface area contributed by atoms with Gasteiger partial charge in [-0.15, -0.1) is 0 Å².